The minimum atomic E-state index is -4.82. The van der Waals surface area contributed by atoms with Crippen molar-refractivity contribution in [2.75, 3.05) is 0 Å². The number of amides is 1. The highest BCUT2D eigenvalue weighted by Gasteiger charge is 2.40. The maximum Gasteiger partial charge on any atom is 0.434 e. The summed E-state index contributed by atoms with van der Waals surface area (Å²) in [6.45, 7) is 0.0781. The molecule has 0 aliphatic heterocycles. The predicted octanol–water partition coefficient (Wildman–Crippen LogP) is 4.56. The third-order valence-corrected chi connectivity index (χ3v) is 4.37. The highest BCUT2D eigenvalue weighted by Crippen LogP contribution is 2.33. The molecule has 0 fully saturated rings. The lowest BCUT2D eigenvalue weighted by Crippen LogP contribution is -2.26. The monoisotopic (exact) mass is 489 g/mol. The first kappa shape index (κ1) is 19.3. The maximum atomic E-state index is 13.6. The topological polar surface area (TPSA) is 46.9 Å². The first-order valence-corrected chi connectivity index (χ1v) is 8.77. The van der Waals surface area contributed by atoms with Gasteiger partial charge in [0, 0.05) is 10.1 Å². The summed E-state index contributed by atoms with van der Waals surface area (Å²) in [4.78, 5) is 12.3. The summed E-state index contributed by atoms with van der Waals surface area (Å²) in [5.41, 5.74) is -1.05. The Labute approximate surface area is 165 Å². The van der Waals surface area contributed by atoms with Crippen molar-refractivity contribution in [1.82, 2.24) is 15.1 Å². The fraction of sp³-hybridized carbons (Fsp3) is 0.111. The van der Waals surface area contributed by atoms with E-state index in [9.17, 15) is 22.4 Å². The number of hydrogen-bond donors (Lipinski definition) is 1. The average Bonchev–Trinajstić information content (AvgIpc) is 3.06. The van der Waals surface area contributed by atoms with E-state index in [0.717, 1.165) is 39.6 Å². The van der Waals surface area contributed by atoms with Gasteiger partial charge in [0.15, 0.2) is 5.69 Å². The molecule has 0 aliphatic rings. The fourth-order valence-corrected chi connectivity index (χ4v) is 3.10. The number of nitrogens with one attached hydrogen (secondary N) is 1. The van der Waals surface area contributed by atoms with E-state index in [2.05, 4.69) is 33.0 Å². The molecule has 0 saturated carbocycles. The van der Waals surface area contributed by atoms with Crippen LogP contribution in [-0.2, 0) is 12.7 Å². The van der Waals surface area contributed by atoms with Gasteiger partial charge < -0.3 is 5.32 Å². The van der Waals surface area contributed by atoms with Gasteiger partial charge in [-0.25, -0.2) is 9.07 Å². The Balaban J connectivity index is 1.90. The van der Waals surface area contributed by atoms with E-state index in [1.54, 1.807) is 12.1 Å². The van der Waals surface area contributed by atoms with Crippen molar-refractivity contribution < 1.29 is 22.4 Å². The number of aromatic nitrogens is 2. The van der Waals surface area contributed by atoms with Gasteiger partial charge in [-0.3, -0.25) is 4.79 Å². The van der Waals surface area contributed by atoms with Gasteiger partial charge in [-0.1, -0.05) is 12.1 Å². The molecule has 9 heteroatoms. The Hall–Kier alpha value is -2.43. The van der Waals surface area contributed by atoms with E-state index in [1.807, 2.05) is 12.1 Å². The summed E-state index contributed by atoms with van der Waals surface area (Å²) >= 11 is 2.10. The Morgan fingerprint density at radius 2 is 1.85 bits per heavy atom. The van der Waals surface area contributed by atoms with Gasteiger partial charge in [0.25, 0.3) is 5.91 Å². The molecule has 3 rings (SSSR count). The van der Waals surface area contributed by atoms with Crippen LogP contribution in [0.5, 0.6) is 0 Å². The molecule has 0 aliphatic carbocycles. The molecule has 1 N–H and O–H groups in total. The first-order valence-electron chi connectivity index (χ1n) is 7.69. The van der Waals surface area contributed by atoms with E-state index in [-0.39, 0.29) is 12.2 Å². The van der Waals surface area contributed by atoms with Crippen LogP contribution >= 0.6 is 22.6 Å². The maximum absolute atomic E-state index is 13.6. The molecule has 0 unspecified atom stereocenters. The first-order chi connectivity index (χ1) is 12.8. The summed E-state index contributed by atoms with van der Waals surface area (Å²) in [5.74, 6) is -1.48. The number of carbonyl (C=O) groups excluding carboxylic acids is 1. The van der Waals surface area contributed by atoms with Crippen LogP contribution in [0, 0.1) is 9.39 Å². The van der Waals surface area contributed by atoms with Gasteiger partial charge in [0.2, 0.25) is 0 Å². The molecule has 4 nitrogen and oxygen atoms in total. The molecular formula is C18H12F4IN3O. The average molecular weight is 489 g/mol. The molecule has 3 aromatic rings. The van der Waals surface area contributed by atoms with Crippen LogP contribution in [0.2, 0.25) is 0 Å². The largest absolute Gasteiger partial charge is 0.434 e. The van der Waals surface area contributed by atoms with Crippen LogP contribution in [0.4, 0.5) is 17.6 Å². The number of alkyl halides is 3. The van der Waals surface area contributed by atoms with Gasteiger partial charge in [0.1, 0.15) is 5.82 Å². The van der Waals surface area contributed by atoms with Crippen LogP contribution < -0.4 is 5.32 Å². The fourth-order valence-electron chi connectivity index (χ4n) is 2.49. The highest BCUT2D eigenvalue weighted by atomic mass is 127. The standard InChI is InChI=1S/C18H12F4IN3O/c19-12-4-6-14(7-5-12)26-16(18(20,21)22)15(10-25-26)17(27)24-9-11-2-1-3-13(23)8-11/h1-8,10H,9H2,(H,24,27). The number of halogens is 5. The lowest BCUT2D eigenvalue weighted by Gasteiger charge is -2.13. The van der Waals surface area contributed by atoms with Gasteiger partial charge >= 0.3 is 6.18 Å². The summed E-state index contributed by atoms with van der Waals surface area (Å²) in [6.07, 6.45) is -3.96. The number of benzene rings is 2. The summed E-state index contributed by atoms with van der Waals surface area (Å²) in [7, 11) is 0. The van der Waals surface area contributed by atoms with Crippen LogP contribution in [-0.4, -0.2) is 15.7 Å². The Morgan fingerprint density at radius 3 is 2.48 bits per heavy atom. The van der Waals surface area contributed by atoms with Gasteiger partial charge in [0.05, 0.1) is 17.4 Å². The molecule has 140 valence electrons. The van der Waals surface area contributed by atoms with Crippen molar-refractivity contribution in [3.8, 4) is 5.69 Å². The molecule has 0 atom stereocenters. The van der Waals surface area contributed by atoms with E-state index in [0.29, 0.717) is 4.68 Å². The SMILES string of the molecule is O=C(NCc1cccc(I)c1)c1cnn(-c2ccc(F)cc2)c1C(F)(F)F. The van der Waals surface area contributed by atoms with E-state index in [1.165, 1.54) is 0 Å². The summed E-state index contributed by atoms with van der Waals surface area (Å²) < 4.78 is 55.3. The molecule has 1 amide bonds. The smallest absolute Gasteiger partial charge is 0.348 e. The summed E-state index contributed by atoms with van der Waals surface area (Å²) in [5, 5.41) is 6.16. The Morgan fingerprint density at radius 1 is 1.15 bits per heavy atom. The minimum Gasteiger partial charge on any atom is -0.348 e. The van der Waals surface area contributed by atoms with Crippen LogP contribution in [0.15, 0.2) is 54.7 Å². The van der Waals surface area contributed by atoms with E-state index >= 15 is 0 Å². The van der Waals surface area contributed by atoms with Crippen molar-refractivity contribution in [3.63, 3.8) is 0 Å². The zero-order chi connectivity index (χ0) is 19.6. The van der Waals surface area contributed by atoms with Crippen molar-refractivity contribution in [2.24, 2.45) is 0 Å². The normalized spacial score (nSPS) is 11.4. The Bertz CT molecular complexity index is 967. The molecule has 27 heavy (non-hydrogen) atoms. The summed E-state index contributed by atoms with van der Waals surface area (Å²) in [6, 6.07) is 11.6. The molecule has 0 spiro atoms. The molecule has 2 aromatic carbocycles. The van der Waals surface area contributed by atoms with E-state index in [4.69, 9.17) is 0 Å². The third-order valence-electron chi connectivity index (χ3n) is 3.70. The molecule has 1 aromatic heterocycles. The molecular weight excluding hydrogens is 477 g/mol. The lowest BCUT2D eigenvalue weighted by molar-refractivity contribution is -0.143. The Kier molecular flexibility index (Phi) is 5.49. The quantitative estimate of drug-likeness (QED) is 0.432. The molecule has 0 bridgehead atoms. The molecule has 0 radical (unpaired) electrons. The van der Waals surface area contributed by atoms with Crippen molar-refractivity contribution >= 4 is 28.5 Å². The number of carbonyl (C=O) groups is 1. The zero-order valence-corrected chi connectivity index (χ0v) is 15.8. The zero-order valence-electron chi connectivity index (χ0n) is 13.6. The molecule has 1 heterocycles. The van der Waals surface area contributed by atoms with Crippen molar-refractivity contribution in [1.29, 1.82) is 0 Å². The van der Waals surface area contributed by atoms with Crippen molar-refractivity contribution in [3.05, 3.63) is 80.9 Å². The number of nitrogens with zero attached hydrogens (tertiary/aromatic N) is 2. The number of hydrogen-bond acceptors (Lipinski definition) is 2. The second-order valence-corrected chi connectivity index (χ2v) is 6.85. The van der Waals surface area contributed by atoms with Gasteiger partial charge in [-0.05, 0) is 64.6 Å². The van der Waals surface area contributed by atoms with Crippen LogP contribution in [0.1, 0.15) is 21.6 Å². The third kappa shape index (κ3) is 4.46. The number of rotatable bonds is 4. The predicted molar refractivity (Wildman–Crippen MR) is 98.9 cm³/mol. The molecule has 0 saturated heterocycles. The highest BCUT2D eigenvalue weighted by molar-refractivity contribution is 14.1. The lowest BCUT2D eigenvalue weighted by atomic mass is 10.2. The van der Waals surface area contributed by atoms with Gasteiger partial charge in [-0.2, -0.15) is 18.3 Å². The van der Waals surface area contributed by atoms with Gasteiger partial charge in [-0.15, -0.1) is 0 Å². The van der Waals surface area contributed by atoms with Crippen LogP contribution in [0.3, 0.4) is 0 Å². The van der Waals surface area contributed by atoms with Crippen molar-refractivity contribution in [2.45, 2.75) is 12.7 Å². The minimum absolute atomic E-state index is 0.000359. The second kappa shape index (κ2) is 7.67. The van der Waals surface area contributed by atoms with E-state index < -0.39 is 29.2 Å². The second-order valence-electron chi connectivity index (χ2n) is 5.61. The van der Waals surface area contributed by atoms with Crippen LogP contribution in [0.25, 0.3) is 5.69 Å².